The lowest BCUT2D eigenvalue weighted by atomic mass is 9.91. The van der Waals surface area contributed by atoms with Gasteiger partial charge in [0, 0.05) is 19.6 Å². The van der Waals surface area contributed by atoms with E-state index in [2.05, 4.69) is 10.1 Å². The summed E-state index contributed by atoms with van der Waals surface area (Å²) in [5.74, 6) is -1.18. The van der Waals surface area contributed by atoms with Crippen molar-refractivity contribution in [1.82, 2.24) is 10.2 Å². The van der Waals surface area contributed by atoms with Gasteiger partial charge in [-0.2, -0.15) is 0 Å². The van der Waals surface area contributed by atoms with Crippen LogP contribution < -0.4 is 5.32 Å². The number of methoxy groups -OCH3 is 1. The second kappa shape index (κ2) is 10.7. The lowest BCUT2D eigenvalue weighted by Gasteiger charge is -2.38. The maximum atomic E-state index is 13.3. The largest absolute Gasteiger partial charge is 0.467 e. The number of amides is 2. The van der Waals surface area contributed by atoms with Crippen molar-refractivity contribution < 1.29 is 43.9 Å². The van der Waals surface area contributed by atoms with Gasteiger partial charge in [-0.05, 0) is 31.7 Å². The third kappa shape index (κ3) is 4.88. The summed E-state index contributed by atoms with van der Waals surface area (Å²) in [5, 5.41) is 32.6. The van der Waals surface area contributed by atoms with Crippen LogP contribution in [0.25, 0.3) is 0 Å². The van der Waals surface area contributed by atoms with E-state index in [0.29, 0.717) is 19.5 Å². The summed E-state index contributed by atoms with van der Waals surface area (Å²) in [6.45, 7) is 5.08. The Hall–Kier alpha value is -2.73. The summed E-state index contributed by atoms with van der Waals surface area (Å²) in [4.78, 5) is 39.3. The molecular weight excluding hydrogens is 448 g/mol. The zero-order valence-electron chi connectivity index (χ0n) is 19.4. The van der Waals surface area contributed by atoms with Crippen molar-refractivity contribution in [2.75, 3.05) is 26.7 Å². The van der Waals surface area contributed by atoms with Gasteiger partial charge >= 0.3 is 12.1 Å². The van der Waals surface area contributed by atoms with Gasteiger partial charge in [-0.15, -0.1) is 0 Å². The Morgan fingerprint density at radius 2 is 1.74 bits per heavy atom. The molecule has 1 aliphatic carbocycles. The highest BCUT2D eigenvalue weighted by Gasteiger charge is 2.61. The molecule has 3 rings (SSSR count). The summed E-state index contributed by atoms with van der Waals surface area (Å²) < 4.78 is 14.7. The molecule has 4 unspecified atom stereocenters. The molecule has 4 N–H and O–H groups in total. The SMILES string of the molecule is CCN(CC)C(=O)C1(c2ccccc2)C[C@@H]1CNC(=O)O[C@@H]1OC(C(=O)OC)[C@@H](O)C(O)C1O. The molecule has 0 radical (unpaired) electrons. The van der Waals surface area contributed by atoms with Crippen molar-refractivity contribution in [1.29, 1.82) is 0 Å². The van der Waals surface area contributed by atoms with Crippen LogP contribution in [-0.4, -0.2) is 95.6 Å². The summed E-state index contributed by atoms with van der Waals surface area (Å²) >= 11 is 0. The second-order valence-electron chi connectivity index (χ2n) is 8.42. The third-order valence-corrected chi connectivity index (χ3v) is 6.55. The van der Waals surface area contributed by atoms with Crippen molar-refractivity contribution >= 4 is 18.0 Å². The maximum Gasteiger partial charge on any atom is 0.409 e. The van der Waals surface area contributed by atoms with Gasteiger partial charge in [-0.1, -0.05) is 30.3 Å². The molecule has 0 aromatic heterocycles. The van der Waals surface area contributed by atoms with Gasteiger partial charge in [0.05, 0.1) is 12.5 Å². The topological polar surface area (TPSA) is 155 Å². The van der Waals surface area contributed by atoms with Gasteiger partial charge < -0.3 is 39.7 Å². The first kappa shape index (κ1) is 25.9. The van der Waals surface area contributed by atoms with Gasteiger partial charge in [-0.25, -0.2) is 9.59 Å². The Kier molecular flexibility index (Phi) is 8.13. The fourth-order valence-corrected chi connectivity index (χ4v) is 4.45. The van der Waals surface area contributed by atoms with Crippen LogP contribution in [-0.2, 0) is 29.2 Å². The van der Waals surface area contributed by atoms with Crippen LogP contribution in [0.2, 0.25) is 0 Å². The Bertz CT molecular complexity index is 878. The van der Waals surface area contributed by atoms with E-state index in [9.17, 15) is 29.7 Å². The highest BCUT2D eigenvalue weighted by Crippen LogP contribution is 2.55. The average Bonchev–Trinajstić information content (AvgIpc) is 3.59. The summed E-state index contributed by atoms with van der Waals surface area (Å²) in [6, 6.07) is 9.39. The zero-order chi connectivity index (χ0) is 25.0. The molecule has 2 fully saturated rings. The maximum absolute atomic E-state index is 13.3. The normalized spacial score (nSPS) is 32.4. The second-order valence-corrected chi connectivity index (χ2v) is 8.42. The summed E-state index contributed by atoms with van der Waals surface area (Å²) in [7, 11) is 1.06. The van der Waals surface area contributed by atoms with Gasteiger partial charge in [-0.3, -0.25) is 4.79 Å². The Morgan fingerprint density at radius 3 is 2.32 bits per heavy atom. The minimum absolute atomic E-state index is 0.00654. The van der Waals surface area contributed by atoms with Crippen LogP contribution in [0.4, 0.5) is 4.79 Å². The van der Waals surface area contributed by atoms with E-state index in [0.717, 1.165) is 12.7 Å². The van der Waals surface area contributed by atoms with Crippen LogP contribution in [0.5, 0.6) is 0 Å². The Labute approximate surface area is 197 Å². The molecule has 11 nitrogen and oxygen atoms in total. The number of likely N-dealkylation sites (N-methyl/N-ethyl adjacent to an activating group) is 1. The first-order valence-electron chi connectivity index (χ1n) is 11.3. The third-order valence-electron chi connectivity index (χ3n) is 6.55. The van der Waals surface area contributed by atoms with Crippen molar-refractivity contribution in [2.45, 2.75) is 56.4 Å². The van der Waals surface area contributed by atoms with Gasteiger partial charge in [0.2, 0.25) is 12.2 Å². The van der Waals surface area contributed by atoms with Gasteiger partial charge in [0.25, 0.3) is 0 Å². The first-order chi connectivity index (χ1) is 16.2. The molecule has 1 aromatic carbocycles. The molecule has 2 amide bonds. The Balaban J connectivity index is 1.65. The van der Waals surface area contributed by atoms with Crippen molar-refractivity contribution in [3.63, 3.8) is 0 Å². The number of hydrogen-bond donors (Lipinski definition) is 4. The van der Waals surface area contributed by atoms with Crippen LogP contribution in [0.15, 0.2) is 30.3 Å². The number of ether oxygens (including phenoxy) is 3. The number of aliphatic hydroxyl groups excluding tert-OH is 3. The molecule has 1 heterocycles. The number of carbonyl (C=O) groups excluding carboxylic acids is 3. The number of alkyl carbamates (subject to hydrolysis) is 1. The van der Waals surface area contributed by atoms with E-state index in [-0.39, 0.29) is 18.4 Å². The number of nitrogens with one attached hydrogen (secondary N) is 1. The molecule has 34 heavy (non-hydrogen) atoms. The molecule has 2 aliphatic rings. The minimum atomic E-state index is -1.79. The monoisotopic (exact) mass is 480 g/mol. The number of rotatable bonds is 8. The molecule has 0 bridgehead atoms. The standard InChI is InChI=1S/C23H32N2O9/c1-4-25(5-2)21(30)23(13-9-7-6-8-10-13)11-14(23)12-24-22(31)34-20-17(28)15(26)16(27)18(33-20)19(29)32-3/h6-10,14-18,20,26-28H,4-5,11-12H2,1-3H3,(H,24,31)/t14-,15?,16+,17?,18?,20+,23?/m1/s1. The number of nitrogens with zero attached hydrogens (tertiary/aromatic N) is 1. The van der Waals surface area contributed by atoms with Crippen LogP contribution in [0.1, 0.15) is 25.8 Å². The average molecular weight is 481 g/mol. The number of aliphatic hydroxyl groups is 3. The van der Waals surface area contributed by atoms with E-state index in [1.807, 2.05) is 44.2 Å². The quantitative estimate of drug-likeness (QED) is 0.361. The van der Waals surface area contributed by atoms with E-state index >= 15 is 0 Å². The first-order valence-corrected chi connectivity index (χ1v) is 11.3. The zero-order valence-corrected chi connectivity index (χ0v) is 19.4. The lowest BCUT2D eigenvalue weighted by molar-refractivity contribution is -0.278. The molecule has 1 saturated carbocycles. The van der Waals surface area contributed by atoms with E-state index in [4.69, 9.17) is 9.47 Å². The molecular formula is C23H32N2O9. The summed E-state index contributed by atoms with van der Waals surface area (Å²) in [5.41, 5.74) is 0.119. The molecule has 1 saturated heterocycles. The number of esters is 1. The van der Waals surface area contributed by atoms with Crippen molar-refractivity contribution in [3.05, 3.63) is 35.9 Å². The van der Waals surface area contributed by atoms with Crippen LogP contribution >= 0.6 is 0 Å². The van der Waals surface area contributed by atoms with E-state index in [1.165, 1.54) is 0 Å². The molecule has 7 atom stereocenters. The smallest absolute Gasteiger partial charge is 0.409 e. The molecule has 0 spiro atoms. The van der Waals surface area contributed by atoms with E-state index < -0.39 is 48.2 Å². The molecule has 11 heteroatoms. The predicted octanol–water partition coefficient (Wildman–Crippen LogP) is -0.480. The fraction of sp³-hybridized carbons (Fsp3) is 0.609. The number of carbonyl (C=O) groups is 3. The van der Waals surface area contributed by atoms with E-state index in [1.54, 1.807) is 4.90 Å². The number of hydrogen-bond acceptors (Lipinski definition) is 9. The summed E-state index contributed by atoms with van der Waals surface area (Å²) in [6.07, 6.45) is -9.11. The highest BCUT2D eigenvalue weighted by molar-refractivity contribution is 5.92. The molecule has 1 aliphatic heterocycles. The van der Waals surface area contributed by atoms with Gasteiger partial charge in [0.1, 0.15) is 18.3 Å². The lowest BCUT2D eigenvalue weighted by Crippen LogP contribution is -2.61. The predicted molar refractivity (Wildman–Crippen MR) is 117 cm³/mol. The van der Waals surface area contributed by atoms with Crippen LogP contribution in [0.3, 0.4) is 0 Å². The fourth-order valence-electron chi connectivity index (χ4n) is 4.45. The molecule has 1 aromatic rings. The van der Waals surface area contributed by atoms with Crippen molar-refractivity contribution in [2.24, 2.45) is 5.92 Å². The number of benzene rings is 1. The van der Waals surface area contributed by atoms with Gasteiger partial charge in [0.15, 0.2) is 6.10 Å². The Morgan fingerprint density at radius 1 is 1.09 bits per heavy atom. The van der Waals surface area contributed by atoms with Crippen molar-refractivity contribution in [3.8, 4) is 0 Å². The molecule has 188 valence electrons. The van der Waals surface area contributed by atoms with Crippen LogP contribution in [0, 0.1) is 5.92 Å². The highest BCUT2D eigenvalue weighted by atomic mass is 16.7. The minimum Gasteiger partial charge on any atom is -0.467 e.